The highest BCUT2D eigenvalue weighted by molar-refractivity contribution is 7.14. The number of carbonyl (C=O) groups excluding carboxylic acids is 1. The van der Waals surface area contributed by atoms with Crippen molar-refractivity contribution in [2.45, 2.75) is 20.3 Å². The van der Waals surface area contributed by atoms with Gasteiger partial charge >= 0.3 is 0 Å². The van der Waals surface area contributed by atoms with E-state index in [0.717, 1.165) is 40.0 Å². The van der Waals surface area contributed by atoms with E-state index in [2.05, 4.69) is 23.3 Å². The lowest BCUT2D eigenvalue weighted by molar-refractivity contribution is 0.0998. The van der Waals surface area contributed by atoms with Gasteiger partial charge in [-0.15, -0.1) is 11.3 Å². The van der Waals surface area contributed by atoms with Crippen LogP contribution in [0.1, 0.15) is 28.6 Å². The van der Waals surface area contributed by atoms with E-state index in [1.54, 1.807) is 7.11 Å². The van der Waals surface area contributed by atoms with Crippen LogP contribution in [0.15, 0.2) is 52.3 Å². The van der Waals surface area contributed by atoms with Crippen LogP contribution in [0.4, 0.5) is 5.13 Å². The van der Waals surface area contributed by atoms with Crippen LogP contribution < -0.4 is 10.1 Å². The number of hydrogen-bond acceptors (Lipinski definition) is 5. The van der Waals surface area contributed by atoms with Crippen LogP contribution in [0.2, 0.25) is 0 Å². The number of aryl methyl sites for hydroxylation is 2. The fourth-order valence-corrected chi connectivity index (χ4v) is 3.80. The van der Waals surface area contributed by atoms with Crippen LogP contribution in [0.25, 0.3) is 22.2 Å². The second kappa shape index (κ2) is 7.48. The van der Waals surface area contributed by atoms with Crippen LogP contribution >= 0.6 is 11.3 Å². The Bertz CT molecular complexity index is 1140. The summed E-state index contributed by atoms with van der Waals surface area (Å²) in [7, 11) is 1.63. The lowest BCUT2D eigenvalue weighted by Gasteiger charge is -2.01. The van der Waals surface area contributed by atoms with Crippen LogP contribution in [0.5, 0.6) is 5.75 Å². The Hall–Kier alpha value is -3.12. The number of nitrogens with zero attached hydrogens (tertiary/aromatic N) is 1. The second-order valence-corrected chi connectivity index (χ2v) is 7.32. The van der Waals surface area contributed by atoms with Gasteiger partial charge in [0.1, 0.15) is 11.3 Å². The molecule has 0 aliphatic rings. The molecule has 4 rings (SSSR count). The molecule has 0 fully saturated rings. The van der Waals surface area contributed by atoms with E-state index in [-0.39, 0.29) is 5.91 Å². The van der Waals surface area contributed by atoms with E-state index in [0.29, 0.717) is 10.9 Å². The zero-order valence-electron chi connectivity index (χ0n) is 15.9. The Morgan fingerprint density at radius 2 is 2.00 bits per heavy atom. The van der Waals surface area contributed by atoms with Gasteiger partial charge in [0.15, 0.2) is 10.9 Å². The number of fused-ring (bicyclic) bond motifs is 1. The molecule has 0 spiro atoms. The summed E-state index contributed by atoms with van der Waals surface area (Å²) >= 11 is 1.38. The molecule has 2 heterocycles. The number of amides is 1. The molecule has 0 unspecified atom stereocenters. The van der Waals surface area contributed by atoms with Crippen LogP contribution in [-0.2, 0) is 6.42 Å². The molecule has 2 aromatic carbocycles. The third-order valence-corrected chi connectivity index (χ3v) is 5.48. The predicted octanol–water partition coefficient (Wildman–Crippen LogP) is 5.69. The van der Waals surface area contributed by atoms with Crippen molar-refractivity contribution >= 4 is 33.3 Å². The van der Waals surface area contributed by atoms with Crippen LogP contribution in [0.3, 0.4) is 0 Å². The zero-order valence-corrected chi connectivity index (χ0v) is 16.7. The van der Waals surface area contributed by atoms with Crippen molar-refractivity contribution in [3.05, 3.63) is 64.7 Å². The van der Waals surface area contributed by atoms with Crippen molar-refractivity contribution in [3.63, 3.8) is 0 Å². The Balaban J connectivity index is 1.56. The van der Waals surface area contributed by atoms with Crippen molar-refractivity contribution in [2.24, 2.45) is 0 Å². The Kier molecular flexibility index (Phi) is 4.88. The summed E-state index contributed by atoms with van der Waals surface area (Å²) in [6.45, 7) is 4.01. The molecule has 0 saturated carbocycles. The number of furan rings is 1. The SMILES string of the molecule is CCc1ccc2oc(C(=O)Nc3nc(-c4ccc(OC)cc4)cs3)c(C)c2c1. The van der Waals surface area contributed by atoms with Gasteiger partial charge < -0.3 is 9.15 Å². The van der Waals surface area contributed by atoms with E-state index in [1.807, 2.05) is 48.7 Å². The minimum atomic E-state index is -0.289. The van der Waals surface area contributed by atoms with Crippen LogP contribution in [0, 0.1) is 6.92 Å². The fourth-order valence-electron chi connectivity index (χ4n) is 3.08. The van der Waals surface area contributed by atoms with Gasteiger partial charge in [-0.1, -0.05) is 13.0 Å². The van der Waals surface area contributed by atoms with Crippen molar-refractivity contribution in [1.82, 2.24) is 4.98 Å². The largest absolute Gasteiger partial charge is 0.497 e. The number of benzene rings is 2. The third-order valence-electron chi connectivity index (χ3n) is 4.73. The quantitative estimate of drug-likeness (QED) is 0.474. The maximum Gasteiger partial charge on any atom is 0.293 e. The van der Waals surface area contributed by atoms with E-state index in [9.17, 15) is 4.79 Å². The van der Waals surface area contributed by atoms with E-state index in [4.69, 9.17) is 9.15 Å². The van der Waals surface area contributed by atoms with Crippen molar-refractivity contribution in [1.29, 1.82) is 0 Å². The first-order chi connectivity index (χ1) is 13.6. The first-order valence-electron chi connectivity index (χ1n) is 9.02. The number of ether oxygens (including phenoxy) is 1. The molecule has 5 nitrogen and oxygen atoms in total. The highest BCUT2D eigenvalue weighted by atomic mass is 32.1. The van der Waals surface area contributed by atoms with E-state index in [1.165, 1.54) is 16.9 Å². The number of rotatable bonds is 5. The van der Waals surface area contributed by atoms with Gasteiger partial charge in [0, 0.05) is 21.9 Å². The first-order valence-corrected chi connectivity index (χ1v) is 9.90. The number of thiazole rings is 1. The normalized spacial score (nSPS) is 11.0. The summed E-state index contributed by atoms with van der Waals surface area (Å²) < 4.78 is 11.0. The number of hydrogen-bond donors (Lipinski definition) is 1. The summed E-state index contributed by atoms with van der Waals surface area (Å²) in [6.07, 6.45) is 0.940. The lowest BCUT2D eigenvalue weighted by atomic mass is 10.1. The Labute approximate surface area is 167 Å². The molecule has 1 N–H and O–H groups in total. The molecule has 2 aromatic heterocycles. The smallest absolute Gasteiger partial charge is 0.293 e. The Morgan fingerprint density at radius 3 is 2.71 bits per heavy atom. The molecule has 142 valence electrons. The van der Waals surface area contributed by atoms with E-state index >= 15 is 0 Å². The fraction of sp³-hybridized carbons (Fsp3) is 0.182. The number of carbonyl (C=O) groups is 1. The molecule has 4 aromatic rings. The summed E-state index contributed by atoms with van der Waals surface area (Å²) in [5.74, 6) is 0.825. The Morgan fingerprint density at radius 1 is 1.21 bits per heavy atom. The summed E-state index contributed by atoms with van der Waals surface area (Å²) in [5.41, 5.74) is 4.54. The molecular weight excluding hydrogens is 372 g/mol. The van der Waals surface area contributed by atoms with Crippen molar-refractivity contribution in [2.75, 3.05) is 12.4 Å². The van der Waals surface area contributed by atoms with Gasteiger partial charge in [0.05, 0.1) is 12.8 Å². The monoisotopic (exact) mass is 392 g/mol. The highest BCUT2D eigenvalue weighted by Crippen LogP contribution is 2.29. The minimum absolute atomic E-state index is 0.289. The minimum Gasteiger partial charge on any atom is -0.497 e. The molecule has 6 heteroatoms. The molecule has 0 radical (unpaired) electrons. The van der Waals surface area contributed by atoms with Gasteiger partial charge in [-0.3, -0.25) is 10.1 Å². The standard InChI is InChI=1S/C22H20N2O3S/c1-4-14-5-10-19-17(11-14)13(2)20(27-19)21(25)24-22-23-18(12-28-22)15-6-8-16(26-3)9-7-15/h5-12H,4H2,1-3H3,(H,23,24,25). The van der Waals surface area contributed by atoms with Crippen LogP contribution in [-0.4, -0.2) is 18.0 Å². The van der Waals surface area contributed by atoms with Gasteiger partial charge in [-0.25, -0.2) is 4.98 Å². The topological polar surface area (TPSA) is 64.4 Å². The lowest BCUT2D eigenvalue weighted by Crippen LogP contribution is -2.11. The average Bonchev–Trinajstić information content (AvgIpc) is 3.32. The van der Waals surface area contributed by atoms with Gasteiger partial charge in [-0.2, -0.15) is 0 Å². The number of methoxy groups -OCH3 is 1. The molecule has 0 aliphatic heterocycles. The molecule has 1 amide bonds. The number of aromatic nitrogens is 1. The van der Waals surface area contributed by atoms with Crippen molar-refractivity contribution < 1.29 is 13.9 Å². The molecule has 0 bridgehead atoms. The van der Waals surface area contributed by atoms with Crippen molar-refractivity contribution in [3.8, 4) is 17.0 Å². The molecule has 28 heavy (non-hydrogen) atoms. The van der Waals surface area contributed by atoms with E-state index < -0.39 is 0 Å². The molecular formula is C22H20N2O3S. The predicted molar refractivity (Wildman–Crippen MR) is 112 cm³/mol. The molecule has 0 atom stereocenters. The number of nitrogens with one attached hydrogen (secondary N) is 1. The maximum absolute atomic E-state index is 12.7. The molecule has 0 saturated heterocycles. The summed E-state index contributed by atoms with van der Waals surface area (Å²) in [5, 5.41) is 6.27. The first kappa shape index (κ1) is 18.3. The molecule has 0 aliphatic carbocycles. The van der Waals surface area contributed by atoms with Gasteiger partial charge in [0.2, 0.25) is 0 Å². The number of anilines is 1. The van der Waals surface area contributed by atoms with Gasteiger partial charge in [0.25, 0.3) is 5.91 Å². The van der Waals surface area contributed by atoms with Gasteiger partial charge in [-0.05, 0) is 55.3 Å². The summed E-state index contributed by atoms with van der Waals surface area (Å²) in [6, 6.07) is 13.7. The zero-order chi connectivity index (χ0) is 19.7. The highest BCUT2D eigenvalue weighted by Gasteiger charge is 2.19. The third kappa shape index (κ3) is 3.39. The second-order valence-electron chi connectivity index (χ2n) is 6.46. The summed E-state index contributed by atoms with van der Waals surface area (Å²) in [4.78, 5) is 17.3. The average molecular weight is 392 g/mol. The maximum atomic E-state index is 12.7.